The number of benzene rings is 2. The summed E-state index contributed by atoms with van der Waals surface area (Å²) in [4.78, 5) is 19.7. The Morgan fingerprint density at radius 3 is 2.70 bits per heavy atom. The first-order valence-electron chi connectivity index (χ1n) is 7.62. The van der Waals surface area contributed by atoms with E-state index in [1.165, 1.54) is 0 Å². The van der Waals surface area contributed by atoms with E-state index in [2.05, 4.69) is 15.3 Å². The molecule has 3 rings (SSSR count). The number of nitrogens with zero attached hydrogens (tertiary/aromatic N) is 1. The fourth-order valence-electron chi connectivity index (χ4n) is 2.44. The standard InChI is InChI=1S/C18H19N3O2/c1-23-14-11-9-13(10-12-14)19-18(22)8-4-7-17-20-15-5-2-3-6-16(15)21-17/h2-3,5-6,9-12H,4,7-8H2,1H3,(H,19,22)(H,20,21). The number of aromatic nitrogens is 2. The molecule has 1 amide bonds. The number of ether oxygens (including phenoxy) is 1. The molecular formula is C18H19N3O2. The van der Waals surface area contributed by atoms with Crippen molar-refractivity contribution >= 4 is 22.6 Å². The molecule has 0 aliphatic rings. The van der Waals surface area contributed by atoms with Crippen molar-refractivity contribution in [3.63, 3.8) is 0 Å². The van der Waals surface area contributed by atoms with Gasteiger partial charge >= 0.3 is 0 Å². The van der Waals surface area contributed by atoms with E-state index in [1.54, 1.807) is 7.11 Å². The number of aromatic amines is 1. The Labute approximate surface area is 134 Å². The van der Waals surface area contributed by atoms with E-state index in [9.17, 15) is 4.79 Å². The molecule has 5 nitrogen and oxygen atoms in total. The van der Waals surface area contributed by atoms with Gasteiger partial charge in [0.25, 0.3) is 0 Å². The molecule has 0 spiro atoms. The Morgan fingerprint density at radius 2 is 1.96 bits per heavy atom. The number of nitrogens with one attached hydrogen (secondary N) is 2. The van der Waals surface area contributed by atoms with Crippen LogP contribution in [-0.4, -0.2) is 23.0 Å². The Bertz CT molecular complexity index is 760. The van der Waals surface area contributed by atoms with Crippen LogP contribution in [0.1, 0.15) is 18.7 Å². The predicted molar refractivity (Wildman–Crippen MR) is 90.7 cm³/mol. The van der Waals surface area contributed by atoms with E-state index in [0.717, 1.165) is 41.1 Å². The number of carbonyl (C=O) groups is 1. The summed E-state index contributed by atoms with van der Waals surface area (Å²) < 4.78 is 5.09. The number of hydrogen-bond acceptors (Lipinski definition) is 3. The molecule has 0 aliphatic carbocycles. The van der Waals surface area contributed by atoms with Gasteiger partial charge in [0.2, 0.25) is 5.91 Å². The summed E-state index contributed by atoms with van der Waals surface area (Å²) in [6.45, 7) is 0. The number of hydrogen-bond donors (Lipinski definition) is 2. The molecule has 0 fully saturated rings. The number of H-pyrrole nitrogens is 1. The van der Waals surface area contributed by atoms with Gasteiger partial charge in [-0.2, -0.15) is 0 Å². The molecule has 5 heteroatoms. The van der Waals surface area contributed by atoms with Crippen LogP contribution < -0.4 is 10.1 Å². The van der Waals surface area contributed by atoms with E-state index >= 15 is 0 Å². The van der Waals surface area contributed by atoms with Crippen LogP contribution in [0.15, 0.2) is 48.5 Å². The fourth-order valence-corrected chi connectivity index (χ4v) is 2.44. The van der Waals surface area contributed by atoms with Crippen molar-refractivity contribution in [3.8, 4) is 5.75 Å². The Hall–Kier alpha value is -2.82. The molecule has 1 heterocycles. The largest absolute Gasteiger partial charge is 0.497 e. The highest BCUT2D eigenvalue weighted by Gasteiger charge is 2.05. The van der Waals surface area contributed by atoms with Crippen molar-refractivity contribution in [3.05, 3.63) is 54.4 Å². The lowest BCUT2D eigenvalue weighted by molar-refractivity contribution is -0.116. The van der Waals surface area contributed by atoms with Gasteiger partial charge in [0.15, 0.2) is 0 Å². The summed E-state index contributed by atoms with van der Waals surface area (Å²) in [5.41, 5.74) is 2.77. The van der Waals surface area contributed by atoms with E-state index in [-0.39, 0.29) is 5.91 Å². The van der Waals surface area contributed by atoms with Gasteiger partial charge in [-0.15, -0.1) is 0 Å². The quantitative estimate of drug-likeness (QED) is 0.732. The zero-order chi connectivity index (χ0) is 16.1. The van der Waals surface area contributed by atoms with Gasteiger partial charge in [0.1, 0.15) is 11.6 Å². The van der Waals surface area contributed by atoms with Crippen molar-refractivity contribution < 1.29 is 9.53 Å². The molecule has 0 aliphatic heterocycles. The average Bonchev–Trinajstić information content (AvgIpc) is 2.98. The van der Waals surface area contributed by atoms with Gasteiger partial charge in [-0.05, 0) is 42.8 Å². The predicted octanol–water partition coefficient (Wildman–Crippen LogP) is 3.53. The highest BCUT2D eigenvalue weighted by molar-refractivity contribution is 5.90. The number of para-hydroxylation sites is 2. The molecule has 0 saturated heterocycles. The Morgan fingerprint density at radius 1 is 1.17 bits per heavy atom. The fraction of sp³-hybridized carbons (Fsp3) is 0.222. The average molecular weight is 309 g/mol. The number of amides is 1. The molecule has 3 aromatic rings. The van der Waals surface area contributed by atoms with Crippen molar-refractivity contribution in [1.29, 1.82) is 0 Å². The van der Waals surface area contributed by atoms with Crippen LogP contribution in [0.25, 0.3) is 11.0 Å². The minimum Gasteiger partial charge on any atom is -0.497 e. The number of imidazole rings is 1. The van der Waals surface area contributed by atoms with Crippen LogP contribution in [0.4, 0.5) is 5.69 Å². The summed E-state index contributed by atoms with van der Waals surface area (Å²) in [6, 6.07) is 15.2. The molecule has 0 unspecified atom stereocenters. The monoisotopic (exact) mass is 309 g/mol. The lowest BCUT2D eigenvalue weighted by atomic mass is 10.2. The van der Waals surface area contributed by atoms with E-state index < -0.39 is 0 Å². The Kier molecular flexibility index (Phi) is 4.57. The topological polar surface area (TPSA) is 67.0 Å². The molecule has 23 heavy (non-hydrogen) atoms. The molecule has 2 N–H and O–H groups in total. The smallest absolute Gasteiger partial charge is 0.224 e. The number of carbonyl (C=O) groups excluding carboxylic acids is 1. The number of methoxy groups -OCH3 is 1. The van der Waals surface area contributed by atoms with E-state index in [0.29, 0.717) is 6.42 Å². The zero-order valence-electron chi connectivity index (χ0n) is 13.0. The first-order valence-corrected chi connectivity index (χ1v) is 7.62. The molecule has 0 atom stereocenters. The summed E-state index contributed by atoms with van der Waals surface area (Å²) in [7, 11) is 1.62. The van der Waals surface area contributed by atoms with Crippen LogP contribution >= 0.6 is 0 Å². The number of fused-ring (bicyclic) bond motifs is 1. The van der Waals surface area contributed by atoms with Crippen LogP contribution in [-0.2, 0) is 11.2 Å². The van der Waals surface area contributed by atoms with Crippen molar-refractivity contribution in [2.45, 2.75) is 19.3 Å². The van der Waals surface area contributed by atoms with Crippen LogP contribution in [0.5, 0.6) is 5.75 Å². The third-order valence-corrected chi connectivity index (χ3v) is 3.63. The minimum atomic E-state index is 0.00581. The third-order valence-electron chi connectivity index (χ3n) is 3.63. The van der Waals surface area contributed by atoms with Gasteiger partial charge in [-0.25, -0.2) is 4.98 Å². The molecule has 118 valence electrons. The second kappa shape index (κ2) is 6.96. The SMILES string of the molecule is COc1ccc(NC(=O)CCCc2nc3ccccc3[nH]2)cc1. The van der Waals surface area contributed by atoms with E-state index in [1.807, 2.05) is 48.5 Å². The molecule has 2 aromatic carbocycles. The van der Waals surface area contributed by atoms with Crippen LogP contribution in [0.3, 0.4) is 0 Å². The second-order valence-electron chi connectivity index (χ2n) is 5.33. The molecule has 1 aromatic heterocycles. The van der Waals surface area contributed by atoms with E-state index in [4.69, 9.17) is 4.74 Å². The maximum absolute atomic E-state index is 12.0. The normalized spacial score (nSPS) is 10.7. The van der Waals surface area contributed by atoms with Crippen molar-refractivity contribution in [2.24, 2.45) is 0 Å². The highest BCUT2D eigenvalue weighted by atomic mass is 16.5. The van der Waals surface area contributed by atoms with Crippen LogP contribution in [0, 0.1) is 0 Å². The lowest BCUT2D eigenvalue weighted by Crippen LogP contribution is -2.11. The first-order chi connectivity index (χ1) is 11.2. The minimum absolute atomic E-state index is 0.00581. The maximum atomic E-state index is 12.0. The first kappa shape index (κ1) is 15.1. The summed E-state index contributed by atoms with van der Waals surface area (Å²) >= 11 is 0. The third kappa shape index (κ3) is 3.88. The maximum Gasteiger partial charge on any atom is 0.224 e. The summed E-state index contributed by atoms with van der Waals surface area (Å²) in [5.74, 6) is 1.70. The van der Waals surface area contributed by atoms with Gasteiger partial charge in [-0.3, -0.25) is 4.79 Å². The number of aryl methyl sites for hydroxylation is 1. The van der Waals surface area contributed by atoms with Gasteiger partial charge in [0, 0.05) is 18.5 Å². The molecule has 0 bridgehead atoms. The van der Waals surface area contributed by atoms with Gasteiger partial charge in [0.05, 0.1) is 18.1 Å². The van der Waals surface area contributed by atoms with Gasteiger partial charge < -0.3 is 15.0 Å². The second-order valence-corrected chi connectivity index (χ2v) is 5.33. The molecular weight excluding hydrogens is 290 g/mol. The van der Waals surface area contributed by atoms with Crippen molar-refractivity contribution in [2.75, 3.05) is 12.4 Å². The molecule has 0 radical (unpaired) electrons. The Balaban J connectivity index is 1.48. The lowest BCUT2D eigenvalue weighted by Gasteiger charge is -2.05. The highest BCUT2D eigenvalue weighted by Crippen LogP contribution is 2.16. The number of rotatable bonds is 6. The van der Waals surface area contributed by atoms with Crippen LogP contribution in [0.2, 0.25) is 0 Å². The molecule has 0 saturated carbocycles. The van der Waals surface area contributed by atoms with Crippen molar-refractivity contribution in [1.82, 2.24) is 9.97 Å². The zero-order valence-corrected chi connectivity index (χ0v) is 13.0. The van der Waals surface area contributed by atoms with Gasteiger partial charge in [-0.1, -0.05) is 12.1 Å². The number of anilines is 1. The summed E-state index contributed by atoms with van der Waals surface area (Å²) in [5, 5.41) is 2.88. The summed E-state index contributed by atoms with van der Waals surface area (Å²) in [6.07, 6.45) is 1.97.